The molecule has 0 saturated heterocycles. The normalized spacial score (nSPS) is 12.7. The van der Waals surface area contributed by atoms with E-state index in [-0.39, 0.29) is 6.04 Å². The zero-order chi connectivity index (χ0) is 14.0. The van der Waals surface area contributed by atoms with Gasteiger partial charge in [0.1, 0.15) is 0 Å². The van der Waals surface area contributed by atoms with E-state index in [1.165, 1.54) is 5.56 Å². The van der Waals surface area contributed by atoms with Gasteiger partial charge in [0.2, 0.25) is 0 Å². The second kappa shape index (κ2) is 6.92. The van der Waals surface area contributed by atoms with Crippen molar-refractivity contribution in [1.82, 2.24) is 5.32 Å². The molecule has 1 nitrogen and oxygen atoms in total. The van der Waals surface area contributed by atoms with Crippen molar-refractivity contribution in [3.8, 4) is 0 Å². The van der Waals surface area contributed by atoms with Gasteiger partial charge in [0.25, 0.3) is 0 Å². The molecule has 1 atom stereocenters. The molecular formula is C13H11Br2Cl2NS. The Morgan fingerprint density at radius 3 is 2.58 bits per heavy atom. The summed E-state index contributed by atoms with van der Waals surface area (Å²) in [6, 6.07) is 7.87. The summed E-state index contributed by atoms with van der Waals surface area (Å²) in [5, 5.41) is 4.78. The van der Waals surface area contributed by atoms with Crippen LogP contribution in [0.15, 0.2) is 31.8 Å². The van der Waals surface area contributed by atoms with Crippen molar-refractivity contribution in [2.75, 3.05) is 7.05 Å². The molecule has 1 unspecified atom stereocenters. The zero-order valence-electron chi connectivity index (χ0n) is 10.0. The van der Waals surface area contributed by atoms with Crippen molar-refractivity contribution < 1.29 is 0 Å². The monoisotopic (exact) mass is 441 g/mol. The van der Waals surface area contributed by atoms with Crippen LogP contribution in [-0.4, -0.2) is 7.05 Å². The lowest BCUT2D eigenvalue weighted by molar-refractivity contribution is 0.592. The van der Waals surface area contributed by atoms with Crippen molar-refractivity contribution in [2.45, 2.75) is 12.5 Å². The summed E-state index contributed by atoms with van der Waals surface area (Å²) in [5.74, 6) is 0. The SMILES string of the molecule is CNC(Cc1cc(Cl)ccc1Cl)c1cc(Br)sc1Br. The summed E-state index contributed by atoms with van der Waals surface area (Å²) in [4.78, 5) is 0. The van der Waals surface area contributed by atoms with E-state index in [0.29, 0.717) is 5.02 Å². The summed E-state index contributed by atoms with van der Waals surface area (Å²) in [7, 11) is 1.95. The highest BCUT2D eigenvalue weighted by molar-refractivity contribution is 9.12. The number of hydrogen-bond donors (Lipinski definition) is 1. The van der Waals surface area contributed by atoms with Gasteiger partial charge in [-0.15, -0.1) is 11.3 Å². The van der Waals surface area contributed by atoms with E-state index in [2.05, 4.69) is 43.2 Å². The molecule has 0 saturated carbocycles. The molecule has 1 heterocycles. The third-order valence-corrected chi connectivity index (χ3v) is 5.83. The Balaban J connectivity index is 2.29. The average molecular weight is 444 g/mol. The minimum absolute atomic E-state index is 0.188. The van der Waals surface area contributed by atoms with Crippen LogP contribution in [0.5, 0.6) is 0 Å². The molecule has 2 aromatic rings. The molecule has 0 aliphatic heterocycles. The summed E-state index contributed by atoms with van der Waals surface area (Å²) in [6.07, 6.45) is 0.789. The molecule has 2 rings (SSSR count). The van der Waals surface area contributed by atoms with Crippen LogP contribution in [0.3, 0.4) is 0 Å². The lowest BCUT2D eigenvalue weighted by Crippen LogP contribution is -2.18. The minimum Gasteiger partial charge on any atom is -0.313 e. The van der Waals surface area contributed by atoms with Crippen LogP contribution in [0.25, 0.3) is 0 Å². The van der Waals surface area contributed by atoms with Crippen molar-refractivity contribution in [3.63, 3.8) is 0 Å². The minimum atomic E-state index is 0.188. The van der Waals surface area contributed by atoms with Crippen LogP contribution in [0.1, 0.15) is 17.2 Å². The number of hydrogen-bond acceptors (Lipinski definition) is 2. The predicted octanol–water partition coefficient (Wildman–Crippen LogP) is 6.08. The van der Waals surface area contributed by atoms with Gasteiger partial charge in [0, 0.05) is 16.1 Å². The average Bonchev–Trinajstić information content (AvgIpc) is 2.69. The summed E-state index contributed by atoms with van der Waals surface area (Å²) >= 11 is 21.0. The Labute approximate surface area is 143 Å². The van der Waals surface area contributed by atoms with Gasteiger partial charge in [-0.25, -0.2) is 0 Å². The molecule has 102 valence electrons. The first-order valence-electron chi connectivity index (χ1n) is 5.57. The second-order valence-electron chi connectivity index (χ2n) is 4.06. The van der Waals surface area contributed by atoms with E-state index in [1.54, 1.807) is 17.4 Å². The summed E-state index contributed by atoms with van der Waals surface area (Å²) in [5.41, 5.74) is 2.26. The number of benzene rings is 1. The summed E-state index contributed by atoms with van der Waals surface area (Å²) in [6.45, 7) is 0. The first-order valence-corrected chi connectivity index (χ1v) is 8.73. The van der Waals surface area contributed by atoms with E-state index in [0.717, 1.165) is 24.6 Å². The van der Waals surface area contributed by atoms with Gasteiger partial charge in [-0.1, -0.05) is 23.2 Å². The first kappa shape index (κ1) is 15.8. The van der Waals surface area contributed by atoms with Crippen molar-refractivity contribution >= 4 is 66.4 Å². The van der Waals surface area contributed by atoms with E-state index in [1.807, 2.05) is 19.2 Å². The molecule has 1 N–H and O–H groups in total. The number of thiophene rings is 1. The van der Waals surface area contributed by atoms with Crippen LogP contribution in [-0.2, 0) is 6.42 Å². The topological polar surface area (TPSA) is 12.0 Å². The molecule has 0 aliphatic rings. The van der Waals surface area contributed by atoms with Gasteiger partial charge >= 0.3 is 0 Å². The maximum atomic E-state index is 6.22. The lowest BCUT2D eigenvalue weighted by atomic mass is 10.0. The highest BCUT2D eigenvalue weighted by Gasteiger charge is 2.17. The molecule has 0 bridgehead atoms. The smallest absolute Gasteiger partial charge is 0.0758 e. The fraction of sp³-hybridized carbons (Fsp3) is 0.231. The van der Waals surface area contributed by atoms with Crippen molar-refractivity contribution in [3.05, 3.63) is 53.0 Å². The number of nitrogens with one attached hydrogen (secondary N) is 1. The van der Waals surface area contributed by atoms with Gasteiger partial charge in [0.05, 0.1) is 7.57 Å². The summed E-state index contributed by atoms with van der Waals surface area (Å²) < 4.78 is 2.23. The Kier molecular flexibility index (Phi) is 5.76. The molecule has 0 aliphatic carbocycles. The van der Waals surface area contributed by atoms with Gasteiger partial charge in [-0.05, 0) is 80.7 Å². The van der Waals surface area contributed by atoms with Crippen LogP contribution in [0.4, 0.5) is 0 Å². The van der Waals surface area contributed by atoms with E-state index < -0.39 is 0 Å². The number of rotatable bonds is 4. The third-order valence-electron chi connectivity index (χ3n) is 2.84. The Bertz CT molecular complexity index is 586. The molecule has 0 amide bonds. The highest BCUT2D eigenvalue weighted by atomic mass is 79.9. The number of likely N-dealkylation sites (N-methyl/N-ethyl adjacent to an activating group) is 1. The maximum Gasteiger partial charge on any atom is 0.0758 e. The van der Waals surface area contributed by atoms with Gasteiger partial charge < -0.3 is 5.32 Å². The molecule has 19 heavy (non-hydrogen) atoms. The van der Waals surface area contributed by atoms with Gasteiger partial charge in [-0.2, -0.15) is 0 Å². The number of halogens is 4. The lowest BCUT2D eigenvalue weighted by Gasteiger charge is -2.17. The van der Waals surface area contributed by atoms with E-state index in [4.69, 9.17) is 23.2 Å². The maximum absolute atomic E-state index is 6.22. The van der Waals surface area contributed by atoms with Crippen LogP contribution in [0.2, 0.25) is 10.0 Å². The van der Waals surface area contributed by atoms with E-state index >= 15 is 0 Å². The van der Waals surface area contributed by atoms with Crippen LogP contribution < -0.4 is 5.32 Å². The quantitative estimate of drug-likeness (QED) is 0.603. The zero-order valence-corrected chi connectivity index (χ0v) is 15.5. The molecule has 0 radical (unpaired) electrons. The van der Waals surface area contributed by atoms with Gasteiger partial charge in [-0.3, -0.25) is 0 Å². The van der Waals surface area contributed by atoms with E-state index in [9.17, 15) is 0 Å². The molecule has 1 aromatic heterocycles. The molecular weight excluding hydrogens is 433 g/mol. The Hall–Kier alpha value is 0.420. The molecule has 1 aromatic carbocycles. The molecule has 0 spiro atoms. The van der Waals surface area contributed by atoms with Crippen LogP contribution in [0, 0.1) is 0 Å². The highest BCUT2D eigenvalue weighted by Crippen LogP contribution is 2.37. The Morgan fingerprint density at radius 2 is 2.00 bits per heavy atom. The second-order valence-corrected chi connectivity index (χ2v) is 8.65. The van der Waals surface area contributed by atoms with Crippen molar-refractivity contribution in [2.24, 2.45) is 0 Å². The largest absolute Gasteiger partial charge is 0.313 e. The van der Waals surface area contributed by atoms with Gasteiger partial charge in [0.15, 0.2) is 0 Å². The molecule has 6 heteroatoms. The third kappa shape index (κ3) is 3.96. The Morgan fingerprint density at radius 1 is 1.26 bits per heavy atom. The fourth-order valence-electron chi connectivity index (χ4n) is 1.88. The van der Waals surface area contributed by atoms with Crippen LogP contribution >= 0.6 is 66.4 Å². The standard InChI is InChI=1S/C13H11Br2Cl2NS/c1-18-11(9-6-12(14)19-13(9)15)5-7-4-8(16)2-3-10(7)17/h2-4,6,11,18H,5H2,1H3. The predicted molar refractivity (Wildman–Crippen MR) is 91.7 cm³/mol. The first-order chi connectivity index (χ1) is 9.01. The molecule has 0 fully saturated rings. The fourth-order valence-corrected chi connectivity index (χ4v) is 5.24. The van der Waals surface area contributed by atoms with Crippen molar-refractivity contribution in [1.29, 1.82) is 0 Å².